The second-order valence-electron chi connectivity index (χ2n) is 7.24. The second kappa shape index (κ2) is 9.24. The molecule has 1 N–H and O–H groups in total. The van der Waals surface area contributed by atoms with Crippen molar-refractivity contribution in [2.24, 2.45) is 5.92 Å². The Morgan fingerprint density at radius 1 is 1.28 bits per heavy atom. The molecule has 0 unspecified atom stereocenters. The summed E-state index contributed by atoms with van der Waals surface area (Å²) in [4.78, 5) is 27.2. The third kappa shape index (κ3) is 4.36. The van der Waals surface area contributed by atoms with Crippen molar-refractivity contribution in [2.45, 2.75) is 32.0 Å². The Morgan fingerprint density at radius 2 is 2.03 bits per heavy atom. The standard InChI is InChI=1S/C22H27NO6/c1-4-27-22-14(9-7-11-24)16(12-19(29-22)21(26)23(2)3)17-13-28-18-10-6-5-8-15(18)20(17)25/h5-6,8,10,12-14,16,22,24H,4,7,9,11H2,1-3H3/t14-,16-,22+/m1/s1. The minimum Gasteiger partial charge on any atom is -0.464 e. The average Bonchev–Trinajstić information content (AvgIpc) is 2.72. The summed E-state index contributed by atoms with van der Waals surface area (Å²) in [6.45, 7) is 2.25. The van der Waals surface area contributed by atoms with Crippen LogP contribution in [0.2, 0.25) is 0 Å². The monoisotopic (exact) mass is 401 g/mol. The Hall–Kier alpha value is -2.64. The first-order valence-electron chi connectivity index (χ1n) is 9.81. The van der Waals surface area contributed by atoms with Gasteiger partial charge in [0.25, 0.3) is 5.91 Å². The quantitative estimate of drug-likeness (QED) is 0.767. The van der Waals surface area contributed by atoms with Crippen LogP contribution in [0.15, 0.2) is 51.6 Å². The van der Waals surface area contributed by atoms with Crippen LogP contribution in [-0.4, -0.2) is 49.5 Å². The second-order valence-corrected chi connectivity index (χ2v) is 7.24. The minimum absolute atomic E-state index is 0.0155. The highest BCUT2D eigenvalue weighted by Crippen LogP contribution is 2.39. The van der Waals surface area contributed by atoms with Crippen LogP contribution in [0.4, 0.5) is 0 Å². The van der Waals surface area contributed by atoms with E-state index in [1.807, 2.05) is 13.0 Å². The molecule has 3 rings (SSSR count). The fourth-order valence-electron chi connectivity index (χ4n) is 3.66. The summed E-state index contributed by atoms with van der Waals surface area (Å²) >= 11 is 0. The number of aliphatic hydroxyl groups excluding tert-OH is 1. The summed E-state index contributed by atoms with van der Waals surface area (Å²) in [5, 5.41) is 9.83. The summed E-state index contributed by atoms with van der Waals surface area (Å²) < 4.78 is 17.4. The van der Waals surface area contributed by atoms with Crippen LogP contribution in [0, 0.1) is 5.92 Å². The van der Waals surface area contributed by atoms with E-state index < -0.39 is 12.2 Å². The van der Waals surface area contributed by atoms with Gasteiger partial charge >= 0.3 is 0 Å². The molecule has 1 aromatic carbocycles. The number of allylic oxidation sites excluding steroid dienone is 1. The van der Waals surface area contributed by atoms with Crippen molar-refractivity contribution in [1.82, 2.24) is 4.90 Å². The van der Waals surface area contributed by atoms with Gasteiger partial charge in [-0.25, -0.2) is 0 Å². The highest BCUT2D eigenvalue weighted by molar-refractivity contribution is 5.91. The Labute approximate surface area is 169 Å². The van der Waals surface area contributed by atoms with Crippen molar-refractivity contribution in [3.8, 4) is 0 Å². The molecule has 0 saturated carbocycles. The van der Waals surface area contributed by atoms with Gasteiger partial charge in [0, 0.05) is 44.7 Å². The SMILES string of the molecule is CCO[C@H]1OC(C(=O)N(C)C)=C[C@@H](c2coc3ccccc3c2=O)[C@H]1CCCO. The predicted molar refractivity (Wildman–Crippen MR) is 108 cm³/mol. The zero-order chi connectivity index (χ0) is 21.0. The molecule has 0 aliphatic carbocycles. The van der Waals surface area contributed by atoms with Crippen LogP contribution in [0.25, 0.3) is 11.0 Å². The third-order valence-electron chi connectivity index (χ3n) is 5.09. The first-order chi connectivity index (χ1) is 14.0. The van der Waals surface area contributed by atoms with Gasteiger partial charge < -0.3 is 23.9 Å². The van der Waals surface area contributed by atoms with E-state index in [2.05, 4.69) is 0 Å². The summed E-state index contributed by atoms with van der Waals surface area (Å²) in [7, 11) is 3.28. The van der Waals surface area contributed by atoms with Crippen LogP contribution >= 0.6 is 0 Å². The van der Waals surface area contributed by atoms with E-state index in [4.69, 9.17) is 13.9 Å². The van der Waals surface area contributed by atoms with Gasteiger partial charge in [0.05, 0.1) is 11.6 Å². The van der Waals surface area contributed by atoms with E-state index in [-0.39, 0.29) is 29.6 Å². The maximum absolute atomic E-state index is 13.2. The first kappa shape index (κ1) is 21.1. The van der Waals surface area contributed by atoms with Gasteiger partial charge in [-0.2, -0.15) is 0 Å². The molecule has 1 aliphatic heterocycles. The number of aliphatic hydroxyl groups is 1. The summed E-state index contributed by atoms with van der Waals surface area (Å²) in [5.74, 6) is -0.840. The van der Waals surface area contributed by atoms with Crippen molar-refractivity contribution >= 4 is 16.9 Å². The molecular formula is C22H27NO6. The highest BCUT2D eigenvalue weighted by atomic mass is 16.7. The zero-order valence-corrected chi connectivity index (χ0v) is 17.0. The molecule has 2 aromatic rings. The first-order valence-corrected chi connectivity index (χ1v) is 9.81. The van der Waals surface area contributed by atoms with E-state index in [9.17, 15) is 14.7 Å². The van der Waals surface area contributed by atoms with Gasteiger partial charge in [-0.1, -0.05) is 12.1 Å². The molecule has 1 aromatic heterocycles. The topological polar surface area (TPSA) is 89.2 Å². The number of ether oxygens (including phenoxy) is 2. The van der Waals surface area contributed by atoms with Crippen LogP contribution in [-0.2, 0) is 14.3 Å². The molecule has 0 bridgehead atoms. The number of carbonyl (C=O) groups is 1. The van der Waals surface area contributed by atoms with E-state index in [0.717, 1.165) is 0 Å². The Bertz CT molecular complexity index is 948. The molecule has 2 heterocycles. The normalized spacial score (nSPS) is 21.5. The summed E-state index contributed by atoms with van der Waals surface area (Å²) in [6, 6.07) is 7.06. The fraction of sp³-hybridized carbons (Fsp3) is 0.455. The summed E-state index contributed by atoms with van der Waals surface area (Å²) in [6.07, 6.45) is 3.53. The van der Waals surface area contributed by atoms with Gasteiger partial charge in [0.1, 0.15) is 5.58 Å². The number of fused-ring (bicyclic) bond motifs is 1. The molecule has 29 heavy (non-hydrogen) atoms. The summed E-state index contributed by atoms with van der Waals surface area (Å²) in [5.41, 5.74) is 0.815. The van der Waals surface area contributed by atoms with Crippen LogP contribution in [0.1, 0.15) is 31.2 Å². The number of hydrogen-bond acceptors (Lipinski definition) is 6. The maximum atomic E-state index is 13.2. The highest BCUT2D eigenvalue weighted by Gasteiger charge is 2.39. The van der Waals surface area contributed by atoms with Gasteiger partial charge in [0.2, 0.25) is 6.29 Å². The van der Waals surface area contributed by atoms with Crippen molar-refractivity contribution in [2.75, 3.05) is 27.3 Å². The molecule has 0 radical (unpaired) electrons. The van der Waals surface area contributed by atoms with E-state index in [1.54, 1.807) is 38.4 Å². The molecule has 0 saturated heterocycles. The number of nitrogens with zero attached hydrogens (tertiary/aromatic N) is 1. The van der Waals surface area contributed by atoms with Gasteiger partial charge in [-0.05, 0) is 38.0 Å². The molecule has 7 heteroatoms. The average molecular weight is 401 g/mol. The molecular weight excluding hydrogens is 374 g/mol. The predicted octanol–water partition coefficient (Wildman–Crippen LogP) is 2.63. The lowest BCUT2D eigenvalue weighted by atomic mass is 9.81. The Kier molecular flexibility index (Phi) is 6.71. The van der Waals surface area contributed by atoms with Crippen LogP contribution in [0.3, 0.4) is 0 Å². The zero-order valence-electron chi connectivity index (χ0n) is 17.0. The molecule has 0 spiro atoms. The van der Waals surface area contributed by atoms with Crippen LogP contribution in [0.5, 0.6) is 0 Å². The lowest BCUT2D eigenvalue weighted by molar-refractivity contribution is -0.169. The number of carbonyl (C=O) groups excluding carboxylic acids is 1. The molecule has 0 fully saturated rings. The fourth-order valence-corrected chi connectivity index (χ4v) is 3.66. The number of benzene rings is 1. The Balaban J connectivity index is 2.13. The molecule has 7 nitrogen and oxygen atoms in total. The molecule has 156 valence electrons. The van der Waals surface area contributed by atoms with Gasteiger partial charge in [-0.3, -0.25) is 9.59 Å². The smallest absolute Gasteiger partial charge is 0.288 e. The Morgan fingerprint density at radius 3 is 2.72 bits per heavy atom. The van der Waals surface area contributed by atoms with Crippen molar-refractivity contribution in [3.63, 3.8) is 0 Å². The molecule has 1 aliphatic rings. The van der Waals surface area contributed by atoms with E-state index in [1.165, 1.54) is 11.2 Å². The molecule has 3 atom stereocenters. The number of rotatable bonds is 7. The van der Waals surface area contributed by atoms with E-state index in [0.29, 0.717) is 36.0 Å². The van der Waals surface area contributed by atoms with Gasteiger partial charge in [-0.15, -0.1) is 0 Å². The molecule has 1 amide bonds. The number of likely N-dealkylation sites (N-methyl/N-ethyl adjacent to an activating group) is 1. The number of hydrogen-bond donors (Lipinski definition) is 1. The van der Waals surface area contributed by atoms with Crippen molar-refractivity contribution in [1.29, 1.82) is 0 Å². The number of para-hydroxylation sites is 1. The lowest BCUT2D eigenvalue weighted by Crippen LogP contribution is -2.39. The third-order valence-corrected chi connectivity index (χ3v) is 5.09. The maximum Gasteiger partial charge on any atom is 0.288 e. The minimum atomic E-state index is -0.702. The van der Waals surface area contributed by atoms with Crippen LogP contribution < -0.4 is 5.43 Å². The largest absolute Gasteiger partial charge is 0.464 e. The lowest BCUT2D eigenvalue weighted by Gasteiger charge is -2.37. The number of amides is 1. The van der Waals surface area contributed by atoms with Crippen molar-refractivity contribution < 1.29 is 23.8 Å². The van der Waals surface area contributed by atoms with Crippen molar-refractivity contribution in [3.05, 3.63) is 58.2 Å². The van der Waals surface area contributed by atoms with E-state index >= 15 is 0 Å². The van der Waals surface area contributed by atoms with Gasteiger partial charge in [0.15, 0.2) is 11.2 Å².